The molecule has 3 rings (SSSR count). The summed E-state index contributed by atoms with van der Waals surface area (Å²) >= 11 is 0. The number of rotatable bonds is 3. The van der Waals surface area contributed by atoms with Gasteiger partial charge in [0.25, 0.3) is 0 Å². The molecule has 5 heteroatoms. The summed E-state index contributed by atoms with van der Waals surface area (Å²) in [4.78, 5) is 15.4. The minimum Gasteiger partial charge on any atom is -0.481 e. The Labute approximate surface area is 104 Å². The second kappa shape index (κ2) is 3.94. The molecular weight excluding hydrogens is 230 g/mol. The van der Waals surface area contributed by atoms with Crippen LogP contribution >= 0.6 is 0 Å². The predicted octanol–water partition coefficient (Wildman–Crippen LogP) is 1.77. The van der Waals surface area contributed by atoms with Crippen LogP contribution in [0.25, 0.3) is 5.69 Å². The van der Waals surface area contributed by atoms with E-state index in [9.17, 15) is 9.90 Å². The van der Waals surface area contributed by atoms with E-state index in [-0.39, 0.29) is 0 Å². The van der Waals surface area contributed by atoms with Crippen molar-refractivity contribution in [3.8, 4) is 5.69 Å². The molecule has 92 valence electrons. The van der Waals surface area contributed by atoms with Crippen molar-refractivity contribution in [1.29, 1.82) is 0 Å². The fourth-order valence-electron chi connectivity index (χ4n) is 2.44. The molecule has 1 aliphatic carbocycles. The molecule has 1 aromatic heterocycles. The number of benzene rings is 1. The number of aliphatic carboxylic acids is 1. The second-order valence-electron chi connectivity index (χ2n) is 4.63. The molecule has 0 atom stereocenters. The van der Waals surface area contributed by atoms with Gasteiger partial charge < -0.3 is 5.11 Å². The van der Waals surface area contributed by atoms with Crippen molar-refractivity contribution in [3.63, 3.8) is 0 Å². The number of carbonyl (C=O) groups is 1. The van der Waals surface area contributed by atoms with Gasteiger partial charge in [-0.2, -0.15) is 5.10 Å². The van der Waals surface area contributed by atoms with Crippen LogP contribution in [0.4, 0.5) is 0 Å². The van der Waals surface area contributed by atoms with Crippen LogP contribution in [0.1, 0.15) is 24.8 Å². The van der Waals surface area contributed by atoms with Gasteiger partial charge in [-0.3, -0.25) is 4.79 Å². The Morgan fingerprint density at radius 1 is 1.39 bits per heavy atom. The number of hydrogen-bond donors (Lipinski definition) is 1. The Morgan fingerprint density at radius 2 is 2.22 bits per heavy atom. The largest absolute Gasteiger partial charge is 0.481 e. The highest BCUT2D eigenvalue weighted by atomic mass is 16.4. The van der Waals surface area contributed by atoms with Crippen LogP contribution in [0, 0.1) is 0 Å². The van der Waals surface area contributed by atoms with E-state index in [1.165, 1.54) is 6.33 Å². The maximum Gasteiger partial charge on any atom is 0.314 e. The smallest absolute Gasteiger partial charge is 0.314 e. The van der Waals surface area contributed by atoms with Gasteiger partial charge in [0.05, 0.1) is 11.1 Å². The van der Waals surface area contributed by atoms with E-state index >= 15 is 0 Å². The van der Waals surface area contributed by atoms with Crippen molar-refractivity contribution in [1.82, 2.24) is 14.8 Å². The highest BCUT2D eigenvalue weighted by Gasteiger charge is 2.45. The molecule has 0 saturated heterocycles. The lowest BCUT2D eigenvalue weighted by Crippen LogP contribution is -2.42. The van der Waals surface area contributed by atoms with Crippen LogP contribution in [0.5, 0.6) is 0 Å². The summed E-state index contributed by atoms with van der Waals surface area (Å²) in [5.41, 5.74) is 1.00. The van der Waals surface area contributed by atoms with E-state index in [4.69, 9.17) is 0 Å². The first-order valence-electron chi connectivity index (χ1n) is 5.91. The molecule has 0 radical (unpaired) electrons. The van der Waals surface area contributed by atoms with Crippen LogP contribution in [-0.4, -0.2) is 25.8 Å². The minimum atomic E-state index is -0.732. The lowest BCUT2D eigenvalue weighted by molar-refractivity contribution is -0.147. The molecular formula is C13H13N3O2. The average Bonchev–Trinajstić information content (AvgIpc) is 2.80. The fourth-order valence-corrected chi connectivity index (χ4v) is 2.44. The highest BCUT2D eigenvalue weighted by Crippen LogP contribution is 2.44. The van der Waals surface area contributed by atoms with Crippen molar-refractivity contribution in [2.45, 2.75) is 24.7 Å². The van der Waals surface area contributed by atoms with Gasteiger partial charge in [-0.15, -0.1) is 0 Å². The Morgan fingerprint density at radius 3 is 2.78 bits per heavy atom. The summed E-state index contributed by atoms with van der Waals surface area (Å²) < 4.78 is 1.64. The van der Waals surface area contributed by atoms with E-state index in [0.717, 1.165) is 17.7 Å². The Kier molecular flexibility index (Phi) is 2.40. The first-order chi connectivity index (χ1) is 8.72. The van der Waals surface area contributed by atoms with Crippen molar-refractivity contribution in [2.24, 2.45) is 0 Å². The molecule has 1 aromatic carbocycles. The molecule has 0 unspecified atom stereocenters. The summed E-state index contributed by atoms with van der Waals surface area (Å²) in [5.74, 6) is -0.732. The quantitative estimate of drug-likeness (QED) is 0.892. The summed E-state index contributed by atoms with van der Waals surface area (Å²) in [6, 6.07) is 7.54. The van der Waals surface area contributed by atoms with E-state index in [0.29, 0.717) is 12.8 Å². The highest BCUT2D eigenvalue weighted by molar-refractivity contribution is 5.82. The monoisotopic (exact) mass is 243 g/mol. The molecule has 1 aliphatic rings. The van der Waals surface area contributed by atoms with Crippen LogP contribution in [-0.2, 0) is 10.2 Å². The lowest BCUT2D eigenvalue weighted by atomic mass is 9.64. The molecule has 2 aromatic rings. The molecule has 5 nitrogen and oxygen atoms in total. The van der Waals surface area contributed by atoms with Gasteiger partial charge in [0.15, 0.2) is 0 Å². The van der Waals surface area contributed by atoms with Crippen LogP contribution in [0.2, 0.25) is 0 Å². The molecule has 0 amide bonds. The first kappa shape index (κ1) is 11.0. The fraction of sp³-hybridized carbons (Fsp3) is 0.308. The standard InChI is InChI=1S/C13H13N3O2/c17-12(18)13(5-2-6-13)10-3-1-4-11(7-10)16-9-14-8-15-16/h1,3-4,7-9H,2,5-6H2,(H,17,18). The van der Waals surface area contributed by atoms with E-state index in [2.05, 4.69) is 10.1 Å². The molecule has 1 fully saturated rings. The van der Waals surface area contributed by atoms with E-state index in [1.807, 2.05) is 24.3 Å². The number of aromatic nitrogens is 3. The van der Waals surface area contributed by atoms with E-state index in [1.54, 1.807) is 11.0 Å². The third-order valence-corrected chi connectivity index (χ3v) is 3.70. The lowest BCUT2D eigenvalue weighted by Gasteiger charge is -2.38. The van der Waals surface area contributed by atoms with Crippen molar-refractivity contribution in [2.75, 3.05) is 0 Å². The zero-order valence-electron chi connectivity index (χ0n) is 9.78. The number of hydrogen-bond acceptors (Lipinski definition) is 3. The zero-order valence-corrected chi connectivity index (χ0v) is 9.78. The topological polar surface area (TPSA) is 68.0 Å². The predicted molar refractivity (Wildman–Crippen MR) is 64.5 cm³/mol. The summed E-state index contributed by atoms with van der Waals surface area (Å²) in [6.45, 7) is 0. The van der Waals surface area contributed by atoms with Gasteiger partial charge in [0.2, 0.25) is 0 Å². The maximum atomic E-state index is 11.5. The molecule has 0 aliphatic heterocycles. The number of carboxylic acid groups (broad SMARTS) is 1. The van der Waals surface area contributed by atoms with Gasteiger partial charge in [0, 0.05) is 0 Å². The SMILES string of the molecule is O=C(O)C1(c2cccc(-n3cncn3)c2)CCC1. The third-order valence-electron chi connectivity index (χ3n) is 3.70. The Balaban J connectivity index is 2.04. The van der Waals surface area contributed by atoms with Gasteiger partial charge in [-0.05, 0) is 30.5 Å². The van der Waals surface area contributed by atoms with Gasteiger partial charge in [-0.25, -0.2) is 9.67 Å². The summed E-state index contributed by atoms with van der Waals surface area (Å²) in [7, 11) is 0. The molecule has 0 spiro atoms. The number of nitrogens with zero attached hydrogens (tertiary/aromatic N) is 3. The van der Waals surface area contributed by atoms with Gasteiger partial charge in [-0.1, -0.05) is 18.6 Å². The molecule has 1 saturated carbocycles. The molecule has 18 heavy (non-hydrogen) atoms. The average molecular weight is 243 g/mol. The Hall–Kier alpha value is -2.17. The third kappa shape index (κ3) is 1.51. The van der Waals surface area contributed by atoms with Crippen molar-refractivity contribution >= 4 is 5.97 Å². The normalized spacial score (nSPS) is 17.1. The zero-order chi connectivity index (χ0) is 12.6. The van der Waals surface area contributed by atoms with Crippen LogP contribution < -0.4 is 0 Å². The Bertz CT molecular complexity index is 574. The van der Waals surface area contributed by atoms with Gasteiger partial charge in [0.1, 0.15) is 12.7 Å². The van der Waals surface area contributed by atoms with Crippen LogP contribution in [0.3, 0.4) is 0 Å². The van der Waals surface area contributed by atoms with Crippen molar-refractivity contribution in [3.05, 3.63) is 42.5 Å². The van der Waals surface area contributed by atoms with E-state index < -0.39 is 11.4 Å². The second-order valence-corrected chi connectivity index (χ2v) is 4.63. The van der Waals surface area contributed by atoms with Crippen molar-refractivity contribution < 1.29 is 9.90 Å². The molecule has 1 N–H and O–H groups in total. The molecule has 1 heterocycles. The first-order valence-corrected chi connectivity index (χ1v) is 5.91. The summed E-state index contributed by atoms with van der Waals surface area (Å²) in [5, 5.41) is 13.5. The summed E-state index contributed by atoms with van der Waals surface area (Å²) in [6.07, 6.45) is 5.46. The maximum absolute atomic E-state index is 11.5. The van der Waals surface area contributed by atoms with Crippen LogP contribution in [0.15, 0.2) is 36.9 Å². The molecule has 0 bridgehead atoms. The minimum absolute atomic E-state index is 0.698. The number of carboxylic acids is 1. The van der Waals surface area contributed by atoms with Gasteiger partial charge >= 0.3 is 5.97 Å².